The molecule has 0 aliphatic carbocycles. The molecule has 0 saturated heterocycles. The molecule has 0 spiro atoms. The molecule has 44 heavy (non-hydrogen) atoms. The molecule has 1 atom stereocenters. The molecule has 0 aromatic heterocycles. The van der Waals surface area contributed by atoms with Gasteiger partial charge in [0.05, 0.1) is 17.3 Å². The van der Waals surface area contributed by atoms with Crippen LogP contribution in [0.3, 0.4) is 0 Å². The molecule has 3 rings (SSSR count). The highest BCUT2D eigenvalue weighted by atomic mass is 16.5. The van der Waals surface area contributed by atoms with E-state index in [-0.39, 0.29) is 28.2 Å². The van der Waals surface area contributed by atoms with Crippen LogP contribution in [0.2, 0.25) is 0 Å². The van der Waals surface area contributed by atoms with E-state index < -0.39 is 12.1 Å². The van der Waals surface area contributed by atoms with Gasteiger partial charge in [-0.05, 0) is 78.5 Å². The van der Waals surface area contributed by atoms with E-state index in [2.05, 4.69) is 76.5 Å². The predicted molar refractivity (Wildman–Crippen MR) is 178 cm³/mol. The van der Waals surface area contributed by atoms with Crippen molar-refractivity contribution in [2.45, 2.75) is 97.5 Å². The van der Waals surface area contributed by atoms with Crippen molar-refractivity contribution in [1.82, 2.24) is 0 Å². The van der Waals surface area contributed by atoms with Crippen molar-refractivity contribution in [1.29, 1.82) is 5.26 Å². The minimum absolute atomic E-state index is 0.0161. The number of hydrogen-bond donors (Lipinski definition) is 4. The van der Waals surface area contributed by atoms with Crippen LogP contribution < -0.4 is 20.7 Å². The number of nitrogens with zero attached hydrogens (tertiary/aromatic N) is 1. The van der Waals surface area contributed by atoms with Crippen LogP contribution in [0.5, 0.6) is 11.5 Å². The number of phenolic OH excluding ortho intramolecular Hbond substituents is 1. The zero-order valence-corrected chi connectivity index (χ0v) is 27.0. The van der Waals surface area contributed by atoms with E-state index in [0.717, 1.165) is 31.2 Å². The number of ether oxygens (including phenoxy) is 1. The predicted octanol–water partition coefficient (Wildman–Crippen LogP) is 8.86. The quantitative estimate of drug-likeness (QED) is 0.146. The molecule has 8 heteroatoms. The van der Waals surface area contributed by atoms with Crippen LogP contribution in [0.1, 0.15) is 97.3 Å². The fourth-order valence-corrected chi connectivity index (χ4v) is 4.65. The number of urea groups is 1. The second kappa shape index (κ2) is 14.8. The zero-order chi connectivity index (χ0) is 32.5. The normalized spacial score (nSPS) is 12.1. The summed E-state index contributed by atoms with van der Waals surface area (Å²) in [6, 6.07) is 18.8. The maximum Gasteiger partial charge on any atom is 0.323 e. The lowest BCUT2D eigenvalue weighted by Crippen LogP contribution is -2.34. The number of nitriles is 1. The monoisotopic (exact) mass is 598 g/mol. The standard InChI is InChI=1S/C36H46N4O4/c1-8-11-15-32(44-31-19-16-25(35(4,5)9-2)21-28(31)36(6,7)10-3)33(42)38-27-17-18-29(30(41)22-27)40-34(43)39-26-14-12-13-24(20-26)23-37/h12-14,16-22,32,41H,8-11,15H2,1-7H3,(H,38,42)(H2,39,40,43)/t32-/m1/s1. The first-order valence-corrected chi connectivity index (χ1v) is 15.4. The van der Waals surface area contributed by atoms with Gasteiger partial charge < -0.3 is 25.8 Å². The van der Waals surface area contributed by atoms with Gasteiger partial charge in [-0.1, -0.05) is 73.1 Å². The zero-order valence-electron chi connectivity index (χ0n) is 27.0. The number of carbonyl (C=O) groups is 2. The van der Waals surface area contributed by atoms with Crippen LogP contribution >= 0.6 is 0 Å². The van der Waals surface area contributed by atoms with Crippen LogP contribution in [-0.4, -0.2) is 23.1 Å². The minimum atomic E-state index is -0.735. The minimum Gasteiger partial charge on any atom is -0.506 e. The molecule has 3 aromatic carbocycles. The Morgan fingerprint density at radius 1 is 0.886 bits per heavy atom. The molecule has 0 radical (unpaired) electrons. The Kier molecular flexibility index (Phi) is 11.4. The highest BCUT2D eigenvalue weighted by molar-refractivity contribution is 6.01. The SMILES string of the molecule is CCCC[C@@H](Oc1ccc(C(C)(C)CC)cc1C(C)(C)CC)C(=O)Nc1ccc(NC(=O)Nc2cccc(C#N)c2)c(O)c1. The van der Waals surface area contributed by atoms with Crippen molar-refractivity contribution in [2.24, 2.45) is 0 Å². The summed E-state index contributed by atoms with van der Waals surface area (Å²) >= 11 is 0. The summed E-state index contributed by atoms with van der Waals surface area (Å²) in [5.74, 6) is 0.181. The number of phenols is 1. The molecule has 0 unspecified atom stereocenters. The summed E-state index contributed by atoms with van der Waals surface area (Å²) < 4.78 is 6.49. The Hall–Kier alpha value is -4.51. The molecular formula is C36H46N4O4. The van der Waals surface area contributed by atoms with E-state index in [1.54, 1.807) is 30.3 Å². The van der Waals surface area contributed by atoms with Gasteiger partial charge in [-0.15, -0.1) is 0 Å². The molecule has 8 nitrogen and oxygen atoms in total. The Bertz CT molecular complexity index is 1510. The van der Waals surface area contributed by atoms with E-state index in [1.165, 1.54) is 17.7 Å². The number of aromatic hydroxyl groups is 1. The number of amides is 3. The summed E-state index contributed by atoms with van der Waals surface area (Å²) in [5.41, 5.74) is 3.58. The largest absolute Gasteiger partial charge is 0.506 e. The number of nitrogens with one attached hydrogen (secondary N) is 3. The lowest BCUT2D eigenvalue weighted by molar-refractivity contribution is -0.123. The molecule has 0 aliphatic heterocycles. The van der Waals surface area contributed by atoms with Crippen LogP contribution in [0.15, 0.2) is 60.7 Å². The molecule has 0 heterocycles. The molecule has 234 valence electrons. The molecule has 0 aliphatic rings. The maximum atomic E-state index is 13.5. The van der Waals surface area contributed by atoms with Crippen molar-refractivity contribution in [3.63, 3.8) is 0 Å². The number of carbonyl (C=O) groups excluding carboxylic acids is 2. The van der Waals surface area contributed by atoms with Gasteiger partial charge in [0.25, 0.3) is 5.91 Å². The van der Waals surface area contributed by atoms with Crippen molar-refractivity contribution in [2.75, 3.05) is 16.0 Å². The van der Waals surface area contributed by atoms with Gasteiger partial charge in [-0.25, -0.2) is 4.79 Å². The molecular weight excluding hydrogens is 552 g/mol. The molecule has 3 aromatic rings. The third kappa shape index (κ3) is 8.76. The first-order chi connectivity index (χ1) is 20.8. The van der Waals surface area contributed by atoms with E-state index in [0.29, 0.717) is 29.1 Å². The van der Waals surface area contributed by atoms with Crippen molar-refractivity contribution in [3.8, 4) is 17.6 Å². The molecule has 3 amide bonds. The summed E-state index contributed by atoms with van der Waals surface area (Å²) in [6.45, 7) is 15.3. The third-order valence-electron chi connectivity index (χ3n) is 8.40. The van der Waals surface area contributed by atoms with Gasteiger partial charge >= 0.3 is 6.03 Å². The molecule has 4 N–H and O–H groups in total. The number of hydrogen-bond acceptors (Lipinski definition) is 5. The second-order valence-corrected chi connectivity index (χ2v) is 12.4. The summed E-state index contributed by atoms with van der Waals surface area (Å²) in [4.78, 5) is 26.0. The third-order valence-corrected chi connectivity index (χ3v) is 8.40. The lowest BCUT2D eigenvalue weighted by Gasteiger charge is -2.31. The number of benzene rings is 3. The summed E-state index contributed by atoms with van der Waals surface area (Å²) in [5, 5.41) is 27.8. The highest BCUT2D eigenvalue weighted by Crippen LogP contribution is 2.39. The maximum absolute atomic E-state index is 13.5. The average molecular weight is 599 g/mol. The second-order valence-electron chi connectivity index (χ2n) is 12.4. The average Bonchev–Trinajstić information content (AvgIpc) is 3.00. The van der Waals surface area contributed by atoms with E-state index >= 15 is 0 Å². The Morgan fingerprint density at radius 2 is 1.59 bits per heavy atom. The van der Waals surface area contributed by atoms with E-state index in [9.17, 15) is 14.7 Å². The Balaban J connectivity index is 1.78. The Morgan fingerprint density at radius 3 is 2.23 bits per heavy atom. The van der Waals surface area contributed by atoms with Gasteiger partial charge in [0.1, 0.15) is 11.5 Å². The van der Waals surface area contributed by atoms with Crippen LogP contribution in [-0.2, 0) is 15.6 Å². The first kappa shape index (κ1) is 34.0. The van der Waals surface area contributed by atoms with E-state index in [1.807, 2.05) is 12.1 Å². The fraction of sp³-hybridized carbons (Fsp3) is 0.417. The lowest BCUT2D eigenvalue weighted by atomic mass is 9.76. The van der Waals surface area contributed by atoms with Gasteiger partial charge in [0.2, 0.25) is 0 Å². The van der Waals surface area contributed by atoms with Crippen molar-refractivity contribution < 1.29 is 19.4 Å². The smallest absolute Gasteiger partial charge is 0.323 e. The highest BCUT2D eigenvalue weighted by Gasteiger charge is 2.29. The van der Waals surface area contributed by atoms with Gasteiger partial charge in [-0.2, -0.15) is 5.26 Å². The summed E-state index contributed by atoms with van der Waals surface area (Å²) in [6.07, 6.45) is 3.44. The fourth-order valence-electron chi connectivity index (χ4n) is 4.65. The Labute approximate surface area is 261 Å². The number of unbranched alkanes of at least 4 members (excludes halogenated alkanes) is 1. The van der Waals surface area contributed by atoms with Gasteiger partial charge in [0, 0.05) is 23.0 Å². The van der Waals surface area contributed by atoms with Gasteiger partial charge in [0.15, 0.2) is 6.10 Å². The van der Waals surface area contributed by atoms with Crippen LogP contribution in [0.4, 0.5) is 21.9 Å². The molecule has 0 saturated carbocycles. The van der Waals surface area contributed by atoms with E-state index in [4.69, 9.17) is 10.00 Å². The van der Waals surface area contributed by atoms with Crippen molar-refractivity contribution >= 4 is 29.0 Å². The number of anilines is 3. The topological polar surface area (TPSA) is 123 Å². The molecule has 0 fully saturated rings. The first-order valence-electron chi connectivity index (χ1n) is 15.4. The van der Waals surface area contributed by atoms with Crippen LogP contribution in [0.25, 0.3) is 0 Å². The van der Waals surface area contributed by atoms with Crippen molar-refractivity contribution in [3.05, 3.63) is 77.4 Å². The van der Waals surface area contributed by atoms with Crippen LogP contribution in [0, 0.1) is 11.3 Å². The number of rotatable bonds is 13. The molecule has 0 bridgehead atoms. The summed E-state index contributed by atoms with van der Waals surface area (Å²) in [7, 11) is 0. The van der Waals surface area contributed by atoms with Gasteiger partial charge in [-0.3, -0.25) is 4.79 Å².